The van der Waals surface area contributed by atoms with Crippen LogP contribution in [0.3, 0.4) is 0 Å². The Labute approximate surface area is 115 Å². The smallest absolute Gasteiger partial charge is 0.416 e. The summed E-state index contributed by atoms with van der Waals surface area (Å²) < 4.78 is 43.6. The third-order valence-corrected chi connectivity index (χ3v) is 2.47. The van der Waals surface area contributed by atoms with Crippen molar-refractivity contribution in [2.24, 2.45) is 5.73 Å². The molecule has 0 aliphatic heterocycles. The van der Waals surface area contributed by atoms with E-state index >= 15 is 0 Å². The van der Waals surface area contributed by atoms with Crippen LogP contribution in [-0.2, 0) is 15.7 Å². The number of carbonyl (C=O) groups is 1. The summed E-state index contributed by atoms with van der Waals surface area (Å²) in [4.78, 5) is 11.6. The molecule has 0 unspecified atom stereocenters. The molecule has 0 heterocycles. The molecule has 0 aliphatic rings. The van der Waals surface area contributed by atoms with E-state index in [1.54, 1.807) is 20.8 Å². The molecule has 1 rings (SSSR count). The first kappa shape index (κ1) is 16.5. The SMILES string of the molecule is CC(C)(C)OC(=O)C[C@@H](N)c1ccccc1C(F)(F)F. The van der Waals surface area contributed by atoms with E-state index in [4.69, 9.17) is 10.5 Å². The molecule has 0 amide bonds. The molecule has 20 heavy (non-hydrogen) atoms. The van der Waals surface area contributed by atoms with Gasteiger partial charge in [0, 0.05) is 6.04 Å². The predicted molar refractivity (Wildman–Crippen MR) is 68.8 cm³/mol. The Morgan fingerprint density at radius 3 is 2.30 bits per heavy atom. The molecular formula is C14H18F3NO2. The maximum atomic E-state index is 12.8. The van der Waals surface area contributed by atoms with Gasteiger partial charge >= 0.3 is 12.1 Å². The van der Waals surface area contributed by atoms with Gasteiger partial charge in [0.25, 0.3) is 0 Å². The Morgan fingerprint density at radius 2 is 1.80 bits per heavy atom. The number of benzene rings is 1. The van der Waals surface area contributed by atoms with Crippen LogP contribution < -0.4 is 5.73 Å². The molecule has 3 nitrogen and oxygen atoms in total. The van der Waals surface area contributed by atoms with Gasteiger partial charge in [0.2, 0.25) is 0 Å². The monoisotopic (exact) mass is 289 g/mol. The van der Waals surface area contributed by atoms with Crippen molar-refractivity contribution >= 4 is 5.97 Å². The van der Waals surface area contributed by atoms with Crippen LogP contribution in [0.15, 0.2) is 24.3 Å². The molecular weight excluding hydrogens is 271 g/mol. The topological polar surface area (TPSA) is 52.3 Å². The van der Waals surface area contributed by atoms with Crippen LogP contribution in [0.5, 0.6) is 0 Å². The number of rotatable bonds is 3. The standard InChI is InChI=1S/C14H18F3NO2/c1-13(2,3)20-12(19)8-11(18)9-6-4-5-7-10(9)14(15,16)17/h4-7,11H,8,18H2,1-3H3/t11-/m1/s1. The van der Waals surface area contributed by atoms with E-state index in [1.807, 2.05) is 0 Å². The van der Waals surface area contributed by atoms with Crippen molar-refractivity contribution in [1.29, 1.82) is 0 Å². The summed E-state index contributed by atoms with van der Waals surface area (Å²) in [7, 11) is 0. The summed E-state index contributed by atoms with van der Waals surface area (Å²) in [6.45, 7) is 5.04. The van der Waals surface area contributed by atoms with Crippen molar-refractivity contribution in [1.82, 2.24) is 0 Å². The number of alkyl halides is 3. The zero-order valence-corrected chi connectivity index (χ0v) is 11.6. The highest BCUT2D eigenvalue weighted by atomic mass is 19.4. The summed E-state index contributed by atoms with van der Waals surface area (Å²) >= 11 is 0. The van der Waals surface area contributed by atoms with E-state index in [-0.39, 0.29) is 12.0 Å². The van der Waals surface area contributed by atoms with Crippen molar-refractivity contribution in [2.45, 2.75) is 45.0 Å². The first-order valence-electron chi connectivity index (χ1n) is 6.14. The van der Waals surface area contributed by atoms with Crippen LogP contribution in [0.2, 0.25) is 0 Å². The average Bonchev–Trinajstić information content (AvgIpc) is 2.25. The molecule has 1 aromatic carbocycles. The van der Waals surface area contributed by atoms with E-state index in [2.05, 4.69) is 0 Å². The summed E-state index contributed by atoms with van der Waals surface area (Å²) in [5, 5.41) is 0. The molecule has 2 N–H and O–H groups in total. The van der Waals surface area contributed by atoms with Crippen LogP contribution in [0.25, 0.3) is 0 Å². The van der Waals surface area contributed by atoms with Crippen LogP contribution in [-0.4, -0.2) is 11.6 Å². The molecule has 6 heteroatoms. The third-order valence-electron chi connectivity index (χ3n) is 2.47. The van der Waals surface area contributed by atoms with Crippen molar-refractivity contribution in [3.63, 3.8) is 0 Å². The number of halogens is 3. The highest BCUT2D eigenvalue weighted by Gasteiger charge is 2.34. The number of esters is 1. The highest BCUT2D eigenvalue weighted by Crippen LogP contribution is 2.34. The summed E-state index contributed by atoms with van der Waals surface area (Å²) in [5.74, 6) is -0.623. The molecule has 0 fully saturated rings. The van der Waals surface area contributed by atoms with Crippen LogP contribution in [0.1, 0.15) is 44.4 Å². The molecule has 0 aliphatic carbocycles. The van der Waals surface area contributed by atoms with E-state index in [1.165, 1.54) is 18.2 Å². The Kier molecular flexibility index (Phi) is 4.81. The number of ether oxygens (including phenoxy) is 1. The second-order valence-corrected chi connectivity index (χ2v) is 5.48. The molecule has 112 valence electrons. The van der Waals surface area contributed by atoms with E-state index in [0.29, 0.717) is 0 Å². The molecule has 1 aromatic rings. The van der Waals surface area contributed by atoms with Crippen LogP contribution in [0, 0.1) is 0 Å². The first-order chi connectivity index (χ1) is 9.00. The predicted octanol–water partition coefficient (Wildman–Crippen LogP) is 3.44. The number of hydrogen-bond donors (Lipinski definition) is 1. The molecule has 0 bridgehead atoms. The Balaban J connectivity index is 2.88. The summed E-state index contributed by atoms with van der Waals surface area (Å²) in [6, 6.07) is 3.91. The molecule has 1 atom stereocenters. The van der Waals surface area contributed by atoms with Gasteiger partial charge in [-0.2, -0.15) is 13.2 Å². The largest absolute Gasteiger partial charge is 0.460 e. The van der Waals surface area contributed by atoms with Gasteiger partial charge in [-0.05, 0) is 32.4 Å². The Bertz CT molecular complexity index is 478. The first-order valence-corrected chi connectivity index (χ1v) is 6.14. The Morgan fingerprint density at radius 1 is 1.25 bits per heavy atom. The van der Waals surface area contributed by atoms with Crippen LogP contribution >= 0.6 is 0 Å². The minimum absolute atomic E-state index is 0.106. The van der Waals surface area contributed by atoms with Crippen molar-refractivity contribution in [2.75, 3.05) is 0 Å². The second-order valence-electron chi connectivity index (χ2n) is 5.48. The zero-order chi connectivity index (χ0) is 15.6. The lowest BCUT2D eigenvalue weighted by Gasteiger charge is -2.22. The number of hydrogen-bond acceptors (Lipinski definition) is 3. The number of nitrogens with two attached hydrogens (primary N) is 1. The van der Waals surface area contributed by atoms with Crippen molar-refractivity contribution < 1.29 is 22.7 Å². The molecule has 0 spiro atoms. The fourth-order valence-corrected chi connectivity index (χ4v) is 1.75. The lowest BCUT2D eigenvalue weighted by atomic mass is 9.98. The van der Waals surface area contributed by atoms with Gasteiger partial charge in [-0.1, -0.05) is 18.2 Å². The van der Waals surface area contributed by atoms with E-state index < -0.39 is 29.4 Å². The maximum absolute atomic E-state index is 12.8. The third kappa shape index (κ3) is 4.85. The van der Waals surface area contributed by atoms with Gasteiger partial charge in [-0.25, -0.2) is 0 Å². The summed E-state index contributed by atoms with van der Waals surface area (Å²) in [6.07, 6.45) is -4.80. The minimum Gasteiger partial charge on any atom is -0.460 e. The summed E-state index contributed by atoms with van der Waals surface area (Å²) in [5.41, 5.74) is 4.09. The van der Waals surface area contributed by atoms with Gasteiger partial charge in [-0.15, -0.1) is 0 Å². The van der Waals surface area contributed by atoms with E-state index in [0.717, 1.165) is 6.07 Å². The maximum Gasteiger partial charge on any atom is 0.416 e. The van der Waals surface area contributed by atoms with Crippen LogP contribution in [0.4, 0.5) is 13.2 Å². The zero-order valence-electron chi connectivity index (χ0n) is 11.6. The fourth-order valence-electron chi connectivity index (χ4n) is 1.75. The highest BCUT2D eigenvalue weighted by molar-refractivity contribution is 5.71. The molecule has 0 saturated carbocycles. The lowest BCUT2D eigenvalue weighted by Crippen LogP contribution is -2.27. The van der Waals surface area contributed by atoms with Crippen molar-refractivity contribution in [3.8, 4) is 0 Å². The normalized spacial score (nSPS) is 13.9. The second kappa shape index (κ2) is 5.83. The Hall–Kier alpha value is -1.56. The number of carbonyl (C=O) groups excluding carboxylic acids is 1. The fraction of sp³-hybridized carbons (Fsp3) is 0.500. The van der Waals surface area contributed by atoms with E-state index in [9.17, 15) is 18.0 Å². The molecule has 0 aromatic heterocycles. The van der Waals surface area contributed by atoms with Gasteiger partial charge in [-0.3, -0.25) is 4.79 Å². The van der Waals surface area contributed by atoms with Gasteiger partial charge in [0.1, 0.15) is 5.60 Å². The molecule has 0 radical (unpaired) electrons. The average molecular weight is 289 g/mol. The quantitative estimate of drug-likeness (QED) is 0.867. The molecule has 0 saturated heterocycles. The van der Waals surface area contributed by atoms with Gasteiger partial charge in [0.05, 0.1) is 12.0 Å². The minimum atomic E-state index is -4.50. The van der Waals surface area contributed by atoms with Crippen molar-refractivity contribution in [3.05, 3.63) is 35.4 Å². The lowest BCUT2D eigenvalue weighted by molar-refractivity contribution is -0.155. The van der Waals surface area contributed by atoms with Gasteiger partial charge < -0.3 is 10.5 Å². The van der Waals surface area contributed by atoms with Gasteiger partial charge in [0.15, 0.2) is 0 Å².